The lowest BCUT2D eigenvalue weighted by atomic mass is 10.2. The summed E-state index contributed by atoms with van der Waals surface area (Å²) in [5.74, 6) is 0.0731. The van der Waals surface area contributed by atoms with Crippen LogP contribution in [0.15, 0.2) is 22.8 Å². The van der Waals surface area contributed by atoms with Gasteiger partial charge in [0.05, 0.1) is 10.9 Å². The van der Waals surface area contributed by atoms with Crippen LogP contribution < -0.4 is 4.90 Å². The number of H-pyrrole nitrogens is 1. The van der Waals surface area contributed by atoms with Crippen molar-refractivity contribution >= 4 is 50.0 Å². The van der Waals surface area contributed by atoms with E-state index in [9.17, 15) is 4.79 Å². The van der Waals surface area contributed by atoms with Crippen LogP contribution in [0.3, 0.4) is 0 Å². The molecule has 3 rings (SSSR count). The largest absolute Gasteiger partial charge is 0.311 e. The molecule has 2 heterocycles. The standard InChI is InChI=1S/C11H9BrClN3O/c12-11-8-4-7(1-2-9(8)14-15-11)16-5-6(13)3-10(16)17/h1-2,4,6H,3,5H2,(H,14,15). The molecule has 0 radical (unpaired) electrons. The third-order valence-corrected chi connectivity index (χ3v) is 3.78. The van der Waals surface area contributed by atoms with E-state index in [2.05, 4.69) is 26.1 Å². The Morgan fingerprint density at radius 1 is 1.53 bits per heavy atom. The summed E-state index contributed by atoms with van der Waals surface area (Å²) in [6.45, 7) is 0.571. The second kappa shape index (κ2) is 3.99. The van der Waals surface area contributed by atoms with E-state index in [0.717, 1.165) is 21.2 Å². The molecular weight excluding hydrogens is 305 g/mol. The summed E-state index contributed by atoms with van der Waals surface area (Å²) < 4.78 is 0.823. The predicted molar refractivity (Wildman–Crippen MR) is 70.4 cm³/mol. The monoisotopic (exact) mass is 313 g/mol. The highest BCUT2D eigenvalue weighted by atomic mass is 79.9. The summed E-state index contributed by atoms with van der Waals surface area (Å²) in [6.07, 6.45) is 0.409. The van der Waals surface area contributed by atoms with Gasteiger partial charge in [0.1, 0.15) is 4.60 Å². The number of fused-ring (bicyclic) bond motifs is 1. The van der Waals surface area contributed by atoms with Gasteiger partial charge >= 0.3 is 0 Å². The van der Waals surface area contributed by atoms with Gasteiger partial charge in [-0.1, -0.05) is 0 Å². The van der Waals surface area contributed by atoms with Crippen LogP contribution in [0.25, 0.3) is 10.9 Å². The van der Waals surface area contributed by atoms with Gasteiger partial charge in [0.25, 0.3) is 0 Å². The highest BCUT2D eigenvalue weighted by Gasteiger charge is 2.29. The van der Waals surface area contributed by atoms with Crippen LogP contribution in [-0.2, 0) is 4.79 Å². The molecule has 88 valence electrons. The summed E-state index contributed by atoms with van der Waals surface area (Å²) in [5, 5.41) is 7.84. The molecule has 1 N–H and O–H groups in total. The minimum absolute atomic E-state index is 0.0731. The first-order valence-corrected chi connectivity index (χ1v) is 6.46. The molecule has 2 aromatic rings. The topological polar surface area (TPSA) is 49.0 Å². The number of amides is 1. The molecule has 1 aromatic carbocycles. The molecule has 4 nitrogen and oxygen atoms in total. The number of anilines is 1. The number of hydrogen-bond acceptors (Lipinski definition) is 2. The van der Waals surface area contributed by atoms with Gasteiger partial charge in [0, 0.05) is 24.0 Å². The molecule has 1 aromatic heterocycles. The number of hydrogen-bond donors (Lipinski definition) is 1. The van der Waals surface area contributed by atoms with Crippen molar-refractivity contribution in [3.05, 3.63) is 22.8 Å². The number of aromatic amines is 1. The normalized spacial score (nSPS) is 20.5. The second-order valence-electron chi connectivity index (χ2n) is 4.04. The number of rotatable bonds is 1. The first-order chi connectivity index (χ1) is 8.15. The van der Waals surface area contributed by atoms with Crippen LogP contribution in [0.4, 0.5) is 5.69 Å². The smallest absolute Gasteiger partial charge is 0.228 e. The maximum Gasteiger partial charge on any atom is 0.228 e. The lowest BCUT2D eigenvalue weighted by molar-refractivity contribution is -0.117. The van der Waals surface area contributed by atoms with E-state index in [1.54, 1.807) is 4.90 Å². The average Bonchev–Trinajstić information content (AvgIpc) is 2.83. The Hall–Kier alpha value is -1.07. The maximum atomic E-state index is 11.8. The number of alkyl halides is 1. The number of carbonyl (C=O) groups excluding carboxylic acids is 1. The summed E-state index contributed by atoms with van der Waals surface area (Å²) >= 11 is 9.38. The molecule has 6 heteroatoms. The van der Waals surface area contributed by atoms with Crippen LogP contribution in [0, 0.1) is 0 Å². The van der Waals surface area contributed by atoms with Crippen LogP contribution in [-0.4, -0.2) is 28.0 Å². The summed E-state index contributed by atoms with van der Waals surface area (Å²) in [4.78, 5) is 13.5. The second-order valence-corrected chi connectivity index (χ2v) is 5.46. The first-order valence-electron chi connectivity index (χ1n) is 5.23. The average molecular weight is 315 g/mol. The molecule has 1 atom stereocenters. The molecule has 1 fully saturated rings. The van der Waals surface area contributed by atoms with E-state index in [1.165, 1.54) is 0 Å². The molecule has 17 heavy (non-hydrogen) atoms. The van der Waals surface area contributed by atoms with Gasteiger partial charge in [0.15, 0.2) is 0 Å². The fourth-order valence-electron chi connectivity index (χ4n) is 2.05. The Bertz CT molecular complexity index is 597. The third-order valence-electron chi connectivity index (χ3n) is 2.88. The fourth-order valence-corrected chi connectivity index (χ4v) is 2.72. The molecule has 1 aliphatic heterocycles. The van der Waals surface area contributed by atoms with Crippen molar-refractivity contribution < 1.29 is 4.79 Å². The van der Waals surface area contributed by atoms with E-state index < -0.39 is 0 Å². The lowest BCUT2D eigenvalue weighted by Crippen LogP contribution is -2.24. The highest BCUT2D eigenvalue weighted by molar-refractivity contribution is 9.10. The molecule has 1 aliphatic rings. The van der Waals surface area contributed by atoms with Crippen molar-refractivity contribution in [2.75, 3.05) is 11.4 Å². The van der Waals surface area contributed by atoms with Crippen LogP contribution in [0.2, 0.25) is 0 Å². The molecule has 1 unspecified atom stereocenters. The first kappa shape index (κ1) is 11.0. The zero-order valence-electron chi connectivity index (χ0n) is 8.78. The number of benzene rings is 1. The Morgan fingerprint density at radius 3 is 3.06 bits per heavy atom. The number of halogens is 2. The van der Waals surface area contributed by atoms with Gasteiger partial charge < -0.3 is 4.90 Å². The van der Waals surface area contributed by atoms with E-state index in [-0.39, 0.29) is 11.3 Å². The molecule has 1 saturated heterocycles. The maximum absolute atomic E-state index is 11.8. The molecule has 0 bridgehead atoms. The van der Waals surface area contributed by atoms with E-state index in [0.29, 0.717) is 13.0 Å². The zero-order chi connectivity index (χ0) is 12.0. The summed E-state index contributed by atoms with van der Waals surface area (Å²) in [5.41, 5.74) is 1.74. The van der Waals surface area contributed by atoms with Gasteiger partial charge in [-0.2, -0.15) is 5.10 Å². The highest BCUT2D eigenvalue weighted by Crippen LogP contribution is 2.29. The summed E-state index contributed by atoms with van der Waals surface area (Å²) in [7, 11) is 0. The minimum Gasteiger partial charge on any atom is -0.311 e. The number of carbonyl (C=O) groups is 1. The van der Waals surface area contributed by atoms with Crippen LogP contribution in [0.1, 0.15) is 6.42 Å². The lowest BCUT2D eigenvalue weighted by Gasteiger charge is -2.15. The van der Waals surface area contributed by atoms with Gasteiger partial charge in [-0.15, -0.1) is 11.6 Å². The number of aromatic nitrogens is 2. The molecule has 0 spiro atoms. The molecule has 0 aliphatic carbocycles. The molecule has 1 amide bonds. The summed E-state index contributed by atoms with van der Waals surface area (Å²) in [6, 6.07) is 5.72. The van der Waals surface area contributed by atoms with E-state index >= 15 is 0 Å². The van der Waals surface area contributed by atoms with E-state index in [4.69, 9.17) is 11.6 Å². The molecular formula is C11H9BrClN3O. The minimum atomic E-state index is -0.0917. The van der Waals surface area contributed by atoms with Crippen molar-refractivity contribution in [1.82, 2.24) is 10.2 Å². The predicted octanol–water partition coefficient (Wildman–Crippen LogP) is 2.67. The fraction of sp³-hybridized carbons (Fsp3) is 0.273. The van der Waals surface area contributed by atoms with Gasteiger partial charge in [-0.05, 0) is 34.1 Å². The van der Waals surface area contributed by atoms with Gasteiger partial charge in [0.2, 0.25) is 5.91 Å². The number of nitrogens with zero attached hydrogens (tertiary/aromatic N) is 2. The number of nitrogens with one attached hydrogen (secondary N) is 1. The Labute approximate surface area is 111 Å². The zero-order valence-corrected chi connectivity index (χ0v) is 11.1. The Kier molecular flexibility index (Phi) is 2.60. The van der Waals surface area contributed by atoms with Crippen LogP contribution >= 0.6 is 27.5 Å². The third kappa shape index (κ3) is 1.83. The van der Waals surface area contributed by atoms with Crippen molar-refractivity contribution in [3.8, 4) is 0 Å². The van der Waals surface area contributed by atoms with Crippen molar-refractivity contribution in [1.29, 1.82) is 0 Å². The Balaban J connectivity index is 2.06. The van der Waals surface area contributed by atoms with Crippen molar-refractivity contribution in [3.63, 3.8) is 0 Å². The quantitative estimate of drug-likeness (QED) is 0.823. The van der Waals surface area contributed by atoms with Crippen molar-refractivity contribution in [2.45, 2.75) is 11.8 Å². The molecule has 0 saturated carbocycles. The Morgan fingerprint density at radius 2 is 2.35 bits per heavy atom. The van der Waals surface area contributed by atoms with E-state index in [1.807, 2.05) is 18.2 Å². The van der Waals surface area contributed by atoms with Crippen LogP contribution in [0.5, 0.6) is 0 Å². The SMILES string of the molecule is O=C1CC(Cl)CN1c1ccc2n[nH]c(Br)c2c1. The van der Waals surface area contributed by atoms with Gasteiger partial charge in [-0.25, -0.2) is 0 Å². The van der Waals surface area contributed by atoms with Crippen molar-refractivity contribution in [2.24, 2.45) is 0 Å². The van der Waals surface area contributed by atoms with Gasteiger partial charge in [-0.3, -0.25) is 9.89 Å².